The number of hydrogen-bond donors (Lipinski definition) is 0. The summed E-state index contributed by atoms with van der Waals surface area (Å²) in [5.41, 5.74) is -0.388. The van der Waals surface area contributed by atoms with Crippen molar-refractivity contribution in [1.82, 2.24) is 0 Å². The van der Waals surface area contributed by atoms with E-state index in [1.807, 2.05) is 31.2 Å². The van der Waals surface area contributed by atoms with Crippen LogP contribution in [0.2, 0.25) is 0 Å². The van der Waals surface area contributed by atoms with Crippen LogP contribution < -0.4 is 4.74 Å². The van der Waals surface area contributed by atoms with Gasteiger partial charge in [-0.1, -0.05) is 15.9 Å². The normalized spacial score (nSPS) is 27.2. The molecule has 0 unspecified atom stereocenters. The molecule has 0 radical (unpaired) electrons. The van der Waals surface area contributed by atoms with Crippen molar-refractivity contribution >= 4 is 15.9 Å². The summed E-state index contributed by atoms with van der Waals surface area (Å²) < 4.78 is 23.4. The maximum Gasteiger partial charge on any atom is 0.119 e. The van der Waals surface area contributed by atoms with E-state index in [4.69, 9.17) is 18.9 Å². The van der Waals surface area contributed by atoms with Crippen LogP contribution in [0.4, 0.5) is 0 Å². The van der Waals surface area contributed by atoms with Gasteiger partial charge in [-0.15, -0.1) is 0 Å². The minimum Gasteiger partial charge on any atom is -0.491 e. The van der Waals surface area contributed by atoms with E-state index in [9.17, 15) is 0 Å². The zero-order valence-electron chi connectivity index (χ0n) is 11.2. The molecule has 0 spiro atoms. The molecule has 0 saturated carbocycles. The quantitative estimate of drug-likeness (QED) is 0.831. The first-order valence-corrected chi connectivity index (χ1v) is 7.03. The molecular weight excluding hydrogens is 312 g/mol. The van der Waals surface area contributed by atoms with Crippen LogP contribution in [0.1, 0.15) is 6.92 Å². The smallest absolute Gasteiger partial charge is 0.119 e. The molecule has 1 aliphatic heterocycles. The van der Waals surface area contributed by atoms with Gasteiger partial charge in [0.05, 0.1) is 19.8 Å². The second-order valence-electron chi connectivity index (χ2n) is 4.90. The number of methoxy groups -OCH3 is 1. The molecule has 0 N–H and O–H groups in total. The summed E-state index contributed by atoms with van der Waals surface area (Å²) >= 11 is 3.39. The average Bonchev–Trinajstić information content (AvgIpc) is 2.38. The highest BCUT2D eigenvalue weighted by molar-refractivity contribution is 9.10. The summed E-state index contributed by atoms with van der Waals surface area (Å²) in [5.74, 6) is 0.825. The lowest BCUT2D eigenvalue weighted by Gasteiger charge is -2.37. The monoisotopic (exact) mass is 330 g/mol. The minimum atomic E-state index is -0.388. The number of halogens is 1. The molecule has 5 heteroatoms. The Hall–Kier alpha value is -0.620. The summed E-state index contributed by atoms with van der Waals surface area (Å²) in [6.45, 7) is 4.08. The lowest BCUT2D eigenvalue weighted by molar-refractivity contribution is -0.213. The Morgan fingerprint density at radius 1 is 1.37 bits per heavy atom. The summed E-state index contributed by atoms with van der Waals surface area (Å²) in [7, 11) is 1.66. The summed E-state index contributed by atoms with van der Waals surface area (Å²) in [6, 6.07) is 7.73. The Kier molecular flexibility index (Phi) is 5.21. The van der Waals surface area contributed by atoms with Gasteiger partial charge < -0.3 is 18.9 Å². The molecule has 1 saturated heterocycles. The van der Waals surface area contributed by atoms with Crippen LogP contribution in [0, 0.1) is 0 Å². The predicted octanol–water partition coefficient (Wildman–Crippen LogP) is 2.65. The second kappa shape index (κ2) is 6.70. The van der Waals surface area contributed by atoms with Crippen LogP contribution in [-0.4, -0.2) is 45.2 Å². The molecule has 2 atom stereocenters. The first-order chi connectivity index (χ1) is 9.11. The van der Waals surface area contributed by atoms with Gasteiger partial charge in [0.25, 0.3) is 0 Å². The van der Waals surface area contributed by atoms with E-state index in [2.05, 4.69) is 15.9 Å². The van der Waals surface area contributed by atoms with E-state index in [1.165, 1.54) is 0 Å². The molecular formula is C14H19BrO4. The number of ether oxygens (including phenoxy) is 4. The first kappa shape index (κ1) is 14.8. The van der Waals surface area contributed by atoms with Crippen LogP contribution in [0.5, 0.6) is 5.75 Å². The summed E-state index contributed by atoms with van der Waals surface area (Å²) in [6.07, 6.45) is -0.0717. The highest BCUT2D eigenvalue weighted by Gasteiger charge is 2.34. The van der Waals surface area contributed by atoms with E-state index >= 15 is 0 Å². The third kappa shape index (κ3) is 4.45. The Balaban J connectivity index is 1.84. The molecule has 1 aliphatic rings. The molecule has 2 rings (SSSR count). The molecule has 4 nitrogen and oxygen atoms in total. The molecule has 106 valence electrons. The SMILES string of the molecule is COC[C@]1(C)COC[C@@H](COc2ccc(Br)cc2)O1. The van der Waals surface area contributed by atoms with Crippen molar-refractivity contribution in [2.75, 3.05) is 33.5 Å². The van der Waals surface area contributed by atoms with Gasteiger partial charge in [0.2, 0.25) is 0 Å². The van der Waals surface area contributed by atoms with E-state index in [1.54, 1.807) is 7.11 Å². The van der Waals surface area contributed by atoms with Crippen LogP contribution in [0.25, 0.3) is 0 Å². The zero-order chi connectivity index (χ0) is 13.7. The van der Waals surface area contributed by atoms with Crippen LogP contribution in [0.3, 0.4) is 0 Å². The van der Waals surface area contributed by atoms with Crippen LogP contribution in [0.15, 0.2) is 28.7 Å². The van der Waals surface area contributed by atoms with Crippen molar-refractivity contribution in [3.8, 4) is 5.75 Å². The van der Waals surface area contributed by atoms with Crippen molar-refractivity contribution in [3.63, 3.8) is 0 Å². The van der Waals surface area contributed by atoms with Gasteiger partial charge in [-0.2, -0.15) is 0 Å². The van der Waals surface area contributed by atoms with Gasteiger partial charge in [0.15, 0.2) is 0 Å². The van der Waals surface area contributed by atoms with Gasteiger partial charge in [0.1, 0.15) is 24.1 Å². The topological polar surface area (TPSA) is 36.9 Å². The lowest BCUT2D eigenvalue weighted by Crippen LogP contribution is -2.50. The fourth-order valence-corrected chi connectivity index (χ4v) is 2.32. The molecule has 1 aromatic carbocycles. The van der Waals surface area contributed by atoms with E-state index < -0.39 is 0 Å². The highest BCUT2D eigenvalue weighted by Crippen LogP contribution is 2.21. The van der Waals surface area contributed by atoms with Gasteiger partial charge >= 0.3 is 0 Å². The predicted molar refractivity (Wildman–Crippen MR) is 75.6 cm³/mol. The highest BCUT2D eigenvalue weighted by atomic mass is 79.9. The Labute approximate surface area is 122 Å². The summed E-state index contributed by atoms with van der Waals surface area (Å²) in [5, 5.41) is 0. The Morgan fingerprint density at radius 3 is 2.79 bits per heavy atom. The molecule has 1 aromatic rings. The van der Waals surface area contributed by atoms with Crippen molar-refractivity contribution < 1.29 is 18.9 Å². The van der Waals surface area contributed by atoms with Crippen molar-refractivity contribution in [1.29, 1.82) is 0 Å². The molecule has 1 fully saturated rings. The Bertz CT molecular complexity index is 391. The van der Waals surface area contributed by atoms with E-state index in [-0.39, 0.29) is 11.7 Å². The third-order valence-corrected chi connectivity index (χ3v) is 3.39. The van der Waals surface area contributed by atoms with Crippen molar-refractivity contribution in [2.45, 2.75) is 18.6 Å². The second-order valence-corrected chi connectivity index (χ2v) is 5.82. The summed E-state index contributed by atoms with van der Waals surface area (Å²) in [4.78, 5) is 0. The van der Waals surface area contributed by atoms with Gasteiger partial charge in [-0.25, -0.2) is 0 Å². The third-order valence-electron chi connectivity index (χ3n) is 2.86. The van der Waals surface area contributed by atoms with Crippen LogP contribution >= 0.6 is 15.9 Å². The number of rotatable bonds is 5. The molecule has 1 heterocycles. The fraction of sp³-hybridized carbons (Fsp3) is 0.571. The molecule has 0 aromatic heterocycles. The molecule has 0 bridgehead atoms. The van der Waals surface area contributed by atoms with Gasteiger partial charge in [0, 0.05) is 11.6 Å². The maximum atomic E-state index is 5.98. The maximum absolute atomic E-state index is 5.98. The number of hydrogen-bond acceptors (Lipinski definition) is 4. The number of benzene rings is 1. The van der Waals surface area contributed by atoms with Gasteiger partial charge in [-0.05, 0) is 31.2 Å². The fourth-order valence-electron chi connectivity index (χ4n) is 2.06. The van der Waals surface area contributed by atoms with Crippen molar-refractivity contribution in [3.05, 3.63) is 28.7 Å². The van der Waals surface area contributed by atoms with Gasteiger partial charge in [-0.3, -0.25) is 0 Å². The molecule has 19 heavy (non-hydrogen) atoms. The Morgan fingerprint density at radius 2 is 2.11 bits per heavy atom. The van der Waals surface area contributed by atoms with E-state index in [0.717, 1.165) is 10.2 Å². The first-order valence-electron chi connectivity index (χ1n) is 6.24. The zero-order valence-corrected chi connectivity index (χ0v) is 12.8. The van der Waals surface area contributed by atoms with Crippen molar-refractivity contribution in [2.24, 2.45) is 0 Å². The standard InChI is InChI=1S/C14H19BrO4/c1-14(9-16-2)10-17-7-13(19-14)8-18-12-5-3-11(15)4-6-12/h3-6,13H,7-10H2,1-2H3/t13-,14+/m0/s1. The van der Waals surface area contributed by atoms with Crippen LogP contribution in [-0.2, 0) is 14.2 Å². The molecule has 0 aliphatic carbocycles. The average molecular weight is 331 g/mol. The minimum absolute atomic E-state index is 0.0717. The lowest BCUT2D eigenvalue weighted by atomic mass is 10.1. The largest absolute Gasteiger partial charge is 0.491 e. The van der Waals surface area contributed by atoms with E-state index in [0.29, 0.717) is 26.4 Å². The molecule has 0 amide bonds.